The van der Waals surface area contributed by atoms with E-state index >= 15 is 0 Å². The molecule has 0 unspecified atom stereocenters. The van der Waals surface area contributed by atoms with Crippen LogP contribution in [0.4, 0.5) is 0 Å². The summed E-state index contributed by atoms with van der Waals surface area (Å²) in [5.41, 5.74) is 0.753. The lowest BCUT2D eigenvalue weighted by molar-refractivity contribution is 0.00131. The van der Waals surface area contributed by atoms with Gasteiger partial charge < -0.3 is 5.11 Å². The van der Waals surface area contributed by atoms with Gasteiger partial charge in [0, 0.05) is 13.1 Å². The number of hydrogen-bond acceptors (Lipinski definition) is 2. The van der Waals surface area contributed by atoms with Gasteiger partial charge in [-0.2, -0.15) is 0 Å². The first-order valence-electron chi connectivity index (χ1n) is 6.04. The molecular formula is C14H23NO. The summed E-state index contributed by atoms with van der Waals surface area (Å²) in [5.74, 6) is 0. The van der Waals surface area contributed by atoms with Crippen molar-refractivity contribution in [2.45, 2.75) is 38.8 Å². The third-order valence-corrected chi connectivity index (χ3v) is 3.18. The van der Waals surface area contributed by atoms with Gasteiger partial charge in [-0.3, -0.25) is 4.90 Å². The minimum Gasteiger partial charge on any atom is -0.389 e. The lowest BCUT2D eigenvalue weighted by Crippen LogP contribution is -2.40. The van der Waals surface area contributed by atoms with Gasteiger partial charge in [-0.1, -0.05) is 44.2 Å². The fraction of sp³-hybridized carbons (Fsp3) is 0.571. The molecule has 2 heteroatoms. The van der Waals surface area contributed by atoms with Crippen molar-refractivity contribution in [2.24, 2.45) is 0 Å². The second-order valence-electron chi connectivity index (χ2n) is 4.59. The maximum atomic E-state index is 10.2. The van der Waals surface area contributed by atoms with Crippen LogP contribution >= 0.6 is 0 Å². The quantitative estimate of drug-likeness (QED) is 0.798. The molecule has 0 aliphatic carbocycles. The summed E-state index contributed by atoms with van der Waals surface area (Å²) in [6.45, 7) is 5.71. The number of aliphatic hydroxyl groups is 1. The van der Waals surface area contributed by atoms with Crippen molar-refractivity contribution in [3.8, 4) is 0 Å². The third-order valence-electron chi connectivity index (χ3n) is 3.18. The second kappa shape index (κ2) is 6.02. The maximum absolute atomic E-state index is 10.2. The van der Waals surface area contributed by atoms with Crippen LogP contribution in [-0.2, 0) is 6.54 Å². The van der Waals surface area contributed by atoms with Crippen LogP contribution in [0.15, 0.2) is 30.3 Å². The first kappa shape index (κ1) is 13.2. The van der Waals surface area contributed by atoms with Gasteiger partial charge in [-0.25, -0.2) is 0 Å². The van der Waals surface area contributed by atoms with Crippen molar-refractivity contribution in [1.82, 2.24) is 4.90 Å². The molecule has 0 fully saturated rings. The van der Waals surface area contributed by atoms with Gasteiger partial charge in [-0.05, 0) is 25.5 Å². The Kier molecular flexibility index (Phi) is 4.97. The highest BCUT2D eigenvalue weighted by Crippen LogP contribution is 2.16. The molecule has 0 bridgehead atoms. The monoisotopic (exact) mass is 221 g/mol. The minimum atomic E-state index is -0.538. The number of likely N-dealkylation sites (N-methyl/N-ethyl adjacent to an activating group) is 1. The third kappa shape index (κ3) is 3.95. The van der Waals surface area contributed by atoms with Gasteiger partial charge in [0.25, 0.3) is 0 Å². The highest BCUT2D eigenvalue weighted by Gasteiger charge is 2.23. The smallest absolute Gasteiger partial charge is 0.0768 e. The van der Waals surface area contributed by atoms with E-state index in [1.54, 1.807) is 0 Å². The zero-order valence-electron chi connectivity index (χ0n) is 10.6. The molecule has 1 aromatic carbocycles. The van der Waals surface area contributed by atoms with E-state index in [-0.39, 0.29) is 0 Å². The Morgan fingerprint density at radius 3 is 2.19 bits per heavy atom. The number of hydrogen-bond donors (Lipinski definition) is 1. The van der Waals surface area contributed by atoms with Crippen molar-refractivity contribution < 1.29 is 5.11 Å². The zero-order valence-corrected chi connectivity index (χ0v) is 10.6. The molecule has 0 heterocycles. The van der Waals surface area contributed by atoms with Crippen molar-refractivity contribution >= 4 is 0 Å². The molecule has 0 radical (unpaired) electrons. The van der Waals surface area contributed by atoms with Gasteiger partial charge in [0.05, 0.1) is 5.60 Å². The molecule has 0 saturated carbocycles. The summed E-state index contributed by atoms with van der Waals surface area (Å²) >= 11 is 0. The van der Waals surface area contributed by atoms with Crippen LogP contribution in [0.1, 0.15) is 32.3 Å². The molecule has 0 aliphatic rings. The standard InChI is InChI=1S/C14H23NO/c1-4-14(16,5-2)12-15(3)11-13-9-7-6-8-10-13/h6-10,16H,4-5,11-12H2,1-3H3. The Morgan fingerprint density at radius 2 is 1.69 bits per heavy atom. The SMILES string of the molecule is CCC(O)(CC)CN(C)Cc1ccccc1. The Labute approximate surface area is 98.9 Å². The minimum absolute atomic E-state index is 0.538. The summed E-state index contributed by atoms with van der Waals surface area (Å²) < 4.78 is 0. The summed E-state index contributed by atoms with van der Waals surface area (Å²) in [5, 5.41) is 10.2. The number of nitrogens with zero attached hydrogens (tertiary/aromatic N) is 1. The highest BCUT2D eigenvalue weighted by molar-refractivity contribution is 5.14. The topological polar surface area (TPSA) is 23.5 Å². The largest absolute Gasteiger partial charge is 0.389 e. The molecule has 1 N–H and O–H groups in total. The van der Waals surface area contributed by atoms with Crippen LogP contribution in [0.2, 0.25) is 0 Å². The van der Waals surface area contributed by atoms with E-state index in [0.29, 0.717) is 0 Å². The summed E-state index contributed by atoms with van der Waals surface area (Å²) in [7, 11) is 2.06. The van der Waals surface area contributed by atoms with Crippen LogP contribution < -0.4 is 0 Å². The van der Waals surface area contributed by atoms with Gasteiger partial charge in [-0.15, -0.1) is 0 Å². The lowest BCUT2D eigenvalue weighted by atomic mass is 9.97. The van der Waals surface area contributed by atoms with Gasteiger partial charge in [0.15, 0.2) is 0 Å². The van der Waals surface area contributed by atoms with E-state index in [4.69, 9.17) is 0 Å². The summed E-state index contributed by atoms with van der Waals surface area (Å²) in [6.07, 6.45) is 1.62. The molecule has 0 aromatic heterocycles. The molecule has 1 rings (SSSR count). The maximum Gasteiger partial charge on any atom is 0.0768 e. The predicted octanol–water partition coefficient (Wildman–Crippen LogP) is 2.67. The first-order chi connectivity index (χ1) is 7.59. The lowest BCUT2D eigenvalue weighted by Gasteiger charge is -2.30. The molecule has 0 atom stereocenters. The van der Waals surface area contributed by atoms with Crippen LogP contribution in [0.5, 0.6) is 0 Å². The second-order valence-corrected chi connectivity index (χ2v) is 4.59. The van der Waals surface area contributed by atoms with Crippen LogP contribution in [0, 0.1) is 0 Å². The molecule has 0 saturated heterocycles. The van der Waals surface area contributed by atoms with Crippen molar-refractivity contribution in [1.29, 1.82) is 0 Å². The molecular weight excluding hydrogens is 198 g/mol. The fourth-order valence-corrected chi connectivity index (χ4v) is 1.93. The predicted molar refractivity (Wildman–Crippen MR) is 68.3 cm³/mol. The highest BCUT2D eigenvalue weighted by atomic mass is 16.3. The van der Waals surface area contributed by atoms with Crippen LogP contribution in [-0.4, -0.2) is 29.2 Å². The number of benzene rings is 1. The van der Waals surface area contributed by atoms with Crippen molar-refractivity contribution in [2.75, 3.05) is 13.6 Å². The molecule has 2 nitrogen and oxygen atoms in total. The van der Waals surface area contributed by atoms with Gasteiger partial charge >= 0.3 is 0 Å². The zero-order chi connectivity index (χ0) is 12.0. The molecule has 90 valence electrons. The van der Waals surface area contributed by atoms with Crippen molar-refractivity contribution in [3.05, 3.63) is 35.9 Å². The normalized spacial score (nSPS) is 12.1. The van der Waals surface area contributed by atoms with E-state index in [2.05, 4.69) is 36.2 Å². The van der Waals surface area contributed by atoms with Crippen molar-refractivity contribution in [3.63, 3.8) is 0 Å². The molecule has 1 aromatic rings. The summed E-state index contributed by atoms with van der Waals surface area (Å²) in [4.78, 5) is 2.18. The Balaban J connectivity index is 2.50. The van der Waals surface area contributed by atoms with E-state index < -0.39 is 5.60 Å². The van der Waals surface area contributed by atoms with E-state index in [1.807, 2.05) is 19.9 Å². The van der Waals surface area contributed by atoms with E-state index in [9.17, 15) is 5.11 Å². The van der Waals surface area contributed by atoms with Gasteiger partial charge in [0.2, 0.25) is 0 Å². The first-order valence-corrected chi connectivity index (χ1v) is 6.04. The fourth-order valence-electron chi connectivity index (χ4n) is 1.93. The summed E-state index contributed by atoms with van der Waals surface area (Å²) in [6, 6.07) is 10.4. The number of rotatable bonds is 6. The molecule has 16 heavy (non-hydrogen) atoms. The molecule has 0 aliphatic heterocycles. The van der Waals surface area contributed by atoms with Gasteiger partial charge in [0.1, 0.15) is 0 Å². The Morgan fingerprint density at radius 1 is 1.12 bits per heavy atom. The van der Waals surface area contributed by atoms with Crippen LogP contribution in [0.25, 0.3) is 0 Å². The Bertz CT molecular complexity index is 293. The van der Waals surface area contributed by atoms with E-state index in [1.165, 1.54) is 5.56 Å². The average molecular weight is 221 g/mol. The average Bonchev–Trinajstić information content (AvgIpc) is 2.30. The van der Waals surface area contributed by atoms with Crippen LogP contribution in [0.3, 0.4) is 0 Å². The Hall–Kier alpha value is -0.860. The molecule has 0 amide bonds. The molecule has 0 spiro atoms. The van der Waals surface area contributed by atoms with E-state index in [0.717, 1.165) is 25.9 Å².